The van der Waals surface area contributed by atoms with E-state index >= 15 is 0 Å². The van der Waals surface area contributed by atoms with E-state index in [1.165, 1.54) is 28.3 Å². The second-order valence-electron chi connectivity index (χ2n) is 9.82. The minimum atomic E-state index is -0.957. The average Bonchev–Trinajstić information content (AvgIpc) is 2.85. The maximum Gasteiger partial charge on any atom is 0.257 e. The molecular weight excluding hydrogens is 446 g/mol. The summed E-state index contributed by atoms with van der Waals surface area (Å²) in [5.74, 6) is -2.78. The molecule has 0 saturated heterocycles. The molecule has 4 nitrogen and oxygen atoms in total. The molecule has 2 atom stereocenters. The van der Waals surface area contributed by atoms with Gasteiger partial charge in [0.2, 0.25) is 5.91 Å². The fraction of sp³-hybridized carbons (Fsp3) is 0.310. The molecule has 3 aromatic carbocycles. The first kappa shape index (κ1) is 23.2. The molecule has 3 aliphatic rings. The highest BCUT2D eigenvalue weighted by Gasteiger charge is 2.43. The lowest BCUT2D eigenvalue weighted by Gasteiger charge is -2.45. The number of hydrogen-bond acceptors (Lipinski definition) is 2. The highest BCUT2D eigenvalue weighted by atomic mass is 19.1. The molecule has 6 heteroatoms. The van der Waals surface area contributed by atoms with Crippen molar-refractivity contribution in [1.29, 1.82) is 0 Å². The van der Waals surface area contributed by atoms with Gasteiger partial charge >= 0.3 is 0 Å². The highest BCUT2D eigenvalue weighted by Crippen LogP contribution is 2.55. The molecule has 2 amide bonds. The summed E-state index contributed by atoms with van der Waals surface area (Å²) >= 11 is 0. The van der Waals surface area contributed by atoms with E-state index in [0.717, 1.165) is 18.6 Å². The maximum absolute atomic E-state index is 14.1. The summed E-state index contributed by atoms with van der Waals surface area (Å²) in [6, 6.07) is 19.4. The standard InChI is InChI=1S/C29H28F2N2O2/c1-16(2)27(33-28(34)26-23(30)12-7-13-24(26)31)29(35)32-15-17-14-22-18-8-3-5-10-20(18)25(17)21-11-6-4-9-19(21)22/h3-13,16-17,22,25,27H,14-15H2,1-2H3,(H,32,35)(H,33,34)/t17?,22?,25?,27-/m0/s1. The SMILES string of the molecule is CC(C)[C@H](NC(=O)c1c(F)cccc1F)C(=O)NCC1CC2c3ccccc3C1c1ccccc12. The van der Waals surface area contributed by atoms with Crippen LogP contribution >= 0.6 is 0 Å². The third kappa shape index (κ3) is 4.11. The van der Waals surface area contributed by atoms with E-state index in [-0.39, 0.29) is 23.7 Å². The van der Waals surface area contributed by atoms with Crippen LogP contribution in [-0.4, -0.2) is 24.4 Å². The maximum atomic E-state index is 14.1. The van der Waals surface area contributed by atoms with Crippen molar-refractivity contribution in [1.82, 2.24) is 10.6 Å². The lowest BCUT2D eigenvalue weighted by molar-refractivity contribution is -0.124. The Kier molecular flexibility index (Phi) is 6.13. The van der Waals surface area contributed by atoms with Gasteiger partial charge in [0.25, 0.3) is 5.91 Å². The predicted molar refractivity (Wildman–Crippen MR) is 130 cm³/mol. The number of halogens is 2. The quantitative estimate of drug-likeness (QED) is 0.520. The first-order valence-corrected chi connectivity index (χ1v) is 12.1. The zero-order chi connectivity index (χ0) is 24.7. The van der Waals surface area contributed by atoms with Gasteiger partial charge < -0.3 is 10.6 Å². The van der Waals surface area contributed by atoms with Crippen molar-refractivity contribution in [3.05, 3.63) is 106 Å². The largest absolute Gasteiger partial charge is 0.354 e. The Hall–Kier alpha value is -3.54. The topological polar surface area (TPSA) is 58.2 Å². The minimum Gasteiger partial charge on any atom is -0.354 e. The van der Waals surface area contributed by atoms with Gasteiger partial charge in [0.1, 0.15) is 23.2 Å². The summed E-state index contributed by atoms with van der Waals surface area (Å²) in [4.78, 5) is 25.8. The van der Waals surface area contributed by atoms with Crippen molar-refractivity contribution in [2.45, 2.75) is 38.1 Å². The monoisotopic (exact) mass is 474 g/mol. The van der Waals surface area contributed by atoms with Crippen LogP contribution < -0.4 is 10.6 Å². The molecule has 2 bridgehead atoms. The molecule has 180 valence electrons. The summed E-state index contributed by atoms with van der Waals surface area (Å²) in [6.45, 7) is 4.03. The number of hydrogen-bond donors (Lipinski definition) is 2. The van der Waals surface area contributed by atoms with E-state index in [2.05, 4.69) is 59.2 Å². The van der Waals surface area contributed by atoms with Gasteiger partial charge in [-0.2, -0.15) is 0 Å². The first-order chi connectivity index (χ1) is 16.9. The van der Waals surface area contributed by atoms with Crippen LogP contribution in [0.15, 0.2) is 66.7 Å². The smallest absolute Gasteiger partial charge is 0.257 e. The van der Waals surface area contributed by atoms with E-state index in [0.29, 0.717) is 12.5 Å². The first-order valence-electron chi connectivity index (χ1n) is 12.1. The zero-order valence-electron chi connectivity index (χ0n) is 19.7. The molecule has 0 spiro atoms. The van der Waals surface area contributed by atoms with E-state index < -0.39 is 29.1 Å². The predicted octanol–water partition coefficient (Wildman–Crippen LogP) is 5.13. The third-order valence-electron chi connectivity index (χ3n) is 7.39. The number of benzene rings is 3. The van der Waals surface area contributed by atoms with Gasteiger partial charge in [0.15, 0.2) is 0 Å². The third-order valence-corrected chi connectivity index (χ3v) is 7.39. The van der Waals surface area contributed by atoms with E-state index in [1.54, 1.807) is 13.8 Å². The number of carbonyl (C=O) groups is 2. The number of fused-ring (bicyclic) bond motifs is 1. The lowest BCUT2D eigenvalue weighted by atomic mass is 9.59. The van der Waals surface area contributed by atoms with E-state index in [4.69, 9.17) is 0 Å². The molecule has 2 N–H and O–H groups in total. The van der Waals surface area contributed by atoms with E-state index in [9.17, 15) is 18.4 Å². The van der Waals surface area contributed by atoms with Crippen LogP contribution in [0.5, 0.6) is 0 Å². The summed E-state index contributed by atoms with van der Waals surface area (Å²) in [5, 5.41) is 5.56. The van der Waals surface area contributed by atoms with Crippen LogP contribution in [-0.2, 0) is 4.79 Å². The van der Waals surface area contributed by atoms with Crippen LogP contribution in [0.25, 0.3) is 0 Å². The molecule has 3 aliphatic carbocycles. The van der Waals surface area contributed by atoms with Crippen molar-refractivity contribution >= 4 is 11.8 Å². The fourth-order valence-corrected chi connectivity index (χ4v) is 5.76. The summed E-state index contributed by atoms with van der Waals surface area (Å²) in [7, 11) is 0. The molecule has 0 aliphatic heterocycles. The summed E-state index contributed by atoms with van der Waals surface area (Å²) in [6.07, 6.45) is 0.929. The second kappa shape index (κ2) is 9.25. The molecular formula is C29H28F2N2O2. The molecule has 0 aromatic heterocycles. The Morgan fingerprint density at radius 1 is 0.857 bits per heavy atom. The Bertz CT molecular complexity index is 1220. The molecule has 35 heavy (non-hydrogen) atoms. The normalized spacial score (nSPS) is 20.7. The van der Waals surface area contributed by atoms with Crippen molar-refractivity contribution in [2.24, 2.45) is 11.8 Å². The molecule has 0 radical (unpaired) electrons. The van der Waals surface area contributed by atoms with Gasteiger partial charge in [-0.3, -0.25) is 9.59 Å². The van der Waals surface area contributed by atoms with Crippen LogP contribution in [0.4, 0.5) is 8.78 Å². The number of nitrogens with one attached hydrogen (secondary N) is 2. The molecule has 0 heterocycles. The Balaban J connectivity index is 1.33. The molecule has 1 unspecified atom stereocenters. The Labute approximate surface area is 203 Å². The summed E-state index contributed by atoms with van der Waals surface area (Å²) < 4.78 is 28.1. The minimum absolute atomic E-state index is 0.187. The zero-order valence-corrected chi connectivity index (χ0v) is 19.7. The fourth-order valence-electron chi connectivity index (χ4n) is 5.76. The van der Waals surface area contributed by atoms with E-state index in [1.807, 2.05) is 0 Å². The molecule has 0 fully saturated rings. The van der Waals surface area contributed by atoms with Gasteiger partial charge in [-0.1, -0.05) is 68.4 Å². The van der Waals surface area contributed by atoms with Crippen LogP contribution in [0.3, 0.4) is 0 Å². The van der Waals surface area contributed by atoms with Gasteiger partial charge in [-0.15, -0.1) is 0 Å². The molecule has 6 rings (SSSR count). The Morgan fingerprint density at radius 3 is 1.94 bits per heavy atom. The van der Waals surface area contributed by atoms with Crippen molar-refractivity contribution < 1.29 is 18.4 Å². The average molecular weight is 475 g/mol. The van der Waals surface area contributed by atoms with Crippen LogP contribution in [0, 0.1) is 23.5 Å². The summed E-state index contributed by atoms with van der Waals surface area (Å²) in [5.41, 5.74) is 4.66. The van der Waals surface area contributed by atoms with Crippen molar-refractivity contribution in [2.75, 3.05) is 6.54 Å². The van der Waals surface area contributed by atoms with Gasteiger partial charge in [-0.25, -0.2) is 8.78 Å². The van der Waals surface area contributed by atoms with Crippen LogP contribution in [0.1, 0.15) is 64.7 Å². The number of carbonyl (C=O) groups excluding carboxylic acids is 2. The Morgan fingerprint density at radius 2 is 1.40 bits per heavy atom. The van der Waals surface area contributed by atoms with Crippen molar-refractivity contribution in [3.8, 4) is 0 Å². The van der Waals surface area contributed by atoms with Crippen LogP contribution in [0.2, 0.25) is 0 Å². The van der Waals surface area contributed by atoms with Gasteiger partial charge in [0, 0.05) is 18.4 Å². The van der Waals surface area contributed by atoms with Crippen molar-refractivity contribution in [3.63, 3.8) is 0 Å². The molecule has 0 saturated carbocycles. The number of rotatable bonds is 6. The number of amides is 2. The second-order valence-corrected chi connectivity index (χ2v) is 9.82. The van der Waals surface area contributed by atoms with Gasteiger partial charge in [0.05, 0.1) is 0 Å². The molecule has 3 aromatic rings. The highest BCUT2D eigenvalue weighted by molar-refractivity contribution is 5.98. The lowest BCUT2D eigenvalue weighted by Crippen LogP contribution is -2.51. The van der Waals surface area contributed by atoms with Gasteiger partial charge in [-0.05, 0) is 52.6 Å².